The maximum Gasteiger partial charge on any atom is 0.410 e. The van der Waals surface area contributed by atoms with Gasteiger partial charge in [-0.3, -0.25) is 4.79 Å². The van der Waals surface area contributed by atoms with Crippen molar-refractivity contribution in [2.24, 2.45) is 23.2 Å². The molecule has 1 unspecified atom stereocenters. The SMILES string of the molecule is CC(C)(C)OC(=O)N1CCCC(CC[C@H]2[C@H](C(=O)O)C2(C)C)C1. The summed E-state index contributed by atoms with van der Waals surface area (Å²) in [4.78, 5) is 25.2. The number of nitrogens with zero attached hydrogens (tertiary/aromatic N) is 1. The number of carbonyl (C=O) groups excluding carboxylic acids is 1. The second-order valence-corrected chi connectivity index (χ2v) is 8.76. The average molecular weight is 325 g/mol. The van der Waals surface area contributed by atoms with E-state index in [2.05, 4.69) is 0 Å². The molecule has 0 bridgehead atoms. The van der Waals surface area contributed by atoms with Gasteiger partial charge in [0.15, 0.2) is 0 Å². The second kappa shape index (κ2) is 6.33. The van der Waals surface area contributed by atoms with Gasteiger partial charge >= 0.3 is 12.1 Å². The minimum absolute atomic E-state index is 0.0780. The first-order valence-corrected chi connectivity index (χ1v) is 8.73. The number of hydrogen-bond donors (Lipinski definition) is 1. The summed E-state index contributed by atoms with van der Waals surface area (Å²) in [7, 11) is 0. The Balaban J connectivity index is 1.81. The van der Waals surface area contributed by atoms with Crippen molar-refractivity contribution in [1.29, 1.82) is 0 Å². The number of hydrogen-bond acceptors (Lipinski definition) is 3. The first-order valence-electron chi connectivity index (χ1n) is 8.73. The van der Waals surface area contributed by atoms with Gasteiger partial charge in [-0.25, -0.2) is 4.79 Å². The van der Waals surface area contributed by atoms with E-state index >= 15 is 0 Å². The van der Waals surface area contributed by atoms with Crippen LogP contribution in [0.1, 0.15) is 60.3 Å². The number of ether oxygens (including phenoxy) is 1. The fraction of sp³-hybridized carbons (Fsp3) is 0.889. The van der Waals surface area contributed by atoms with Crippen LogP contribution >= 0.6 is 0 Å². The zero-order chi connectivity index (χ0) is 17.4. The third-order valence-corrected chi connectivity index (χ3v) is 5.37. The standard InChI is InChI=1S/C18H31NO4/c1-17(2,3)23-16(22)19-10-6-7-12(11-19)8-9-13-14(15(20)21)18(13,4)5/h12-14H,6-11H2,1-5H3,(H,20,21)/t12?,13-,14+/m0/s1. The Labute approximate surface area is 139 Å². The Morgan fingerprint density at radius 1 is 1.26 bits per heavy atom. The fourth-order valence-corrected chi connectivity index (χ4v) is 3.98. The first-order chi connectivity index (χ1) is 10.5. The summed E-state index contributed by atoms with van der Waals surface area (Å²) in [6.45, 7) is 11.2. The van der Waals surface area contributed by atoms with Gasteiger partial charge < -0.3 is 14.7 Å². The van der Waals surface area contributed by atoms with E-state index in [1.54, 1.807) is 0 Å². The van der Waals surface area contributed by atoms with E-state index in [9.17, 15) is 14.7 Å². The molecule has 23 heavy (non-hydrogen) atoms. The van der Waals surface area contributed by atoms with Crippen LogP contribution in [0.2, 0.25) is 0 Å². The highest BCUT2D eigenvalue weighted by atomic mass is 16.6. The lowest BCUT2D eigenvalue weighted by Gasteiger charge is -2.34. The van der Waals surface area contributed by atoms with Gasteiger partial charge in [0, 0.05) is 13.1 Å². The van der Waals surface area contributed by atoms with Crippen LogP contribution in [0.5, 0.6) is 0 Å². The number of piperidine rings is 1. The minimum atomic E-state index is -0.668. The Bertz CT molecular complexity index is 466. The van der Waals surface area contributed by atoms with Crippen LogP contribution in [0.4, 0.5) is 4.79 Å². The summed E-state index contributed by atoms with van der Waals surface area (Å²) in [5, 5.41) is 9.25. The predicted molar refractivity (Wildman–Crippen MR) is 88.2 cm³/mol. The van der Waals surface area contributed by atoms with Crippen molar-refractivity contribution in [3.8, 4) is 0 Å². The largest absolute Gasteiger partial charge is 0.481 e. The number of carbonyl (C=O) groups is 2. The monoisotopic (exact) mass is 325 g/mol. The molecule has 1 N–H and O–H groups in total. The number of rotatable bonds is 4. The number of amides is 1. The van der Waals surface area contributed by atoms with Crippen LogP contribution in [0.3, 0.4) is 0 Å². The maximum atomic E-state index is 12.2. The lowest BCUT2D eigenvalue weighted by molar-refractivity contribution is -0.139. The van der Waals surface area contributed by atoms with Gasteiger partial charge in [0.05, 0.1) is 5.92 Å². The van der Waals surface area contributed by atoms with Gasteiger partial charge in [-0.05, 0) is 63.7 Å². The molecule has 2 fully saturated rings. The Morgan fingerprint density at radius 3 is 2.43 bits per heavy atom. The van der Waals surface area contributed by atoms with Crippen molar-refractivity contribution in [2.75, 3.05) is 13.1 Å². The molecule has 5 heteroatoms. The number of aliphatic carboxylic acids is 1. The molecule has 5 nitrogen and oxygen atoms in total. The molecule has 0 spiro atoms. The van der Waals surface area contributed by atoms with Crippen molar-refractivity contribution in [2.45, 2.75) is 65.9 Å². The molecular formula is C18H31NO4. The Morgan fingerprint density at radius 2 is 1.91 bits per heavy atom. The molecule has 1 saturated heterocycles. The molecular weight excluding hydrogens is 294 g/mol. The average Bonchev–Trinajstić information content (AvgIpc) is 2.96. The molecule has 3 atom stereocenters. The van der Waals surface area contributed by atoms with Gasteiger partial charge in [0.1, 0.15) is 5.60 Å². The van der Waals surface area contributed by atoms with Crippen molar-refractivity contribution in [3.63, 3.8) is 0 Å². The Kier molecular flexibility index (Phi) is 4.97. The highest BCUT2D eigenvalue weighted by molar-refractivity contribution is 5.75. The summed E-state index contributed by atoms with van der Waals surface area (Å²) < 4.78 is 5.45. The molecule has 132 valence electrons. The topological polar surface area (TPSA) is 66.8 Å². The molecule has 0 aromatic rings. The molecule has 0 radical (unpaired) electrons. The second-order valence-electron chi connectivity index (χ2n) is 8.76. The van der Waals surface area contributed by atoms with Crippen LogP contribution < -0.4 is 0 Å². The highest BCUT2D eigenvalue weighted by Gasteiger charge is 2.61. The van der Waals surface area contributed by atoms with Gasteiger partial charge in [0.25, 0.3) is 0 Å². The molecule has 1 saturated carbocycles. The van der Waals surface area contributed by atoms with E-state index in [-0.39, 0.29) is 23.3 Å². The van der Waals surface area contributed by atoms with Gasteiger partial charge in [-0.2, -0.15) is 0 Å². The number of carboxylic acid groups (broad SMARTS) is 1. The molecule has 1 aliphatic carbocycles. The molecule has 0 aromatic carbocycles. The van der Waals surface area contributed by atoms with Crippen LogP contribution in [0, 0.1) is 23.2 Å². The van der Waals surface area contributed by atoms with Crippen LogP contribution in [0.15, 0.2) is 0 Å². The molecule has 1 amide bonds. The summed E-state index contributed by atoms with van der Waals surface area (Å²) >= 11 is 0. The lowest BCUT2D eigenvalue weighted by atomic mass is 9.91. The van der Waals surface area contributed by atoms with E-state index in [1.165, 1.54) is 0 Å². The third kappa shape index (κ3) is 4.39. The third-order valence-electron chi connectivity index (χ3n) is 5.37. The molecule has 2 aliphatic rings. The van der Waals surface area contributed by atoms with Crippen molar-refractivity contribution in [3.05, 3.63) is 0 Å². The van der Waals surface area contributed by atoms with Gasteiger partial charge in [0.2, 0.25) is 0 Å². The van der Waals surface area contributed by atoms with Crippen LogP contribution in [-0.2, 0) is 9.53 Å². The van der Waals surface area contributed by atoms with E-state index in [1.807, 2.05) is 39.5 Å². The van der Waals surface area contributed by atoms with Gasteiger partial charge in [-0.15, -0.1) is 0 Å². The molecule has 1 heterocycles. The zero-order valence-electron chi connectivity index (χ0n) is 15.1. The van der Waals surface area contributed by atoms with Crippen molar-refractivity contribution < 1.29 is 19.4 Å². The summed E-state index contributed by atoms with van der Waals surface area (Å²) in [5.41, 5.74) is -0.540. The summed E-state index contributed by atoms with van der Waals surface area (Å²) in [5.74, 6) is -0.133. The summed E-state index contributed by atoms with van der Waals surface area (Å²) in [6.07, 6.45) is 3.83. The quantitative estimate of drug-likeness (QED) is 0.854. The van der Waals surface area contributed by atoms with E-state index in [4.69, 9.17) is 4.74 Å². The normalized spacial score (nSPS) is 30.0. The van der Waals surface area contributed by atoms with Crippen molar-refractivity contribution >= 4 is 12.1 Å². The van der Waals surface area contributed by atoms with E-state index in [0.717, 1.165) is 38.8 Å². The van der Waals surface area contributed by atoms with Crippen LogP contribution in [0.25, 0.3) is 0 Å². The maximum absolute atomic E-state index is 12.2. The number of likely N-dealkylation sites (tertiary alicyclic amines) is 1. The molecule has 0 aromatic heterocycles. The Hall–Kier alpha value is -1.26. The van der Waals surface area contributed by atoms with Crippen molar-refractivity contribution in [1.82, 2.24) is 4.90 Å². The smallest absolute Gasteiger partial charge is 0.410 e. The lowest BCUT2D eigenvalue weighted by Crippen LogP contribution is -2.42. The fourth-order valence-electron chi connectivity index (χ4n) is 3.98. The van der Waals surface area contributed by atoms with E-state index in [0.29, 0.717) is 5.92 Å². The zero-order valence-corrected chi connectivity index (χ0v) is 15.1. The first kappa shape index (κ1) is 18.1. The number of carboxylic acids is 1. The summed E-state index contributed by atoms with van der Waals surface area (Å²) in [6, 6.07) is 0. The molecule has 2 rings (SSSR count). The van der Waals surface area contributed by atoms with Crippen LogP contribution in [-0.4, -0.2) is 40.8 Å². The highest BCUT2D eigenvalue weighted by Crippen LogP contribution is 2.60. The molecule has 1 aliphatic heterocycles. The minimum Gasteiger partial charge on any atom is -0.481 e. The predicted octanol–water partition coefficient (Wildman–Crippen LogP) is 3.77. The van der Waals surface area contributed by atoms with E-state index < -0.39 is 11.6 Å². The van der Waals surface area contributed by atoms with Gasteiger partial charge in [-0.1, -0.05) is 13.8 Å².